The van der Waals surface area contributed by atoms with Crippen molar-refractivity contribution in [1.82, 2.24) is 19.4 Å². The molecule has 3 amide bonds. The van der Waals surface area contributed by atoms with Gasteiger partial charge in [0.2, 0.25) is 15.9 Å². The van der Waals surface area contributed by atoms with Crippen LogP contribution in [0.3, 0.4) is 0 Å². The van der Waals surface area contributed by atoms with Gasteiger partial charge in [-0.1, -0.05) is 0 Å². The Morgan fingerprint density at radius 3 is 2.18 bits per heavy atom. The van der Waals surface area contributed by atoms with Crippen molar-refractivity contribution in [3.63, 3.8) is 0 Å². The van der Waals surface area contributed by atoms with Crippen molar-refractivity contribution in [2.75, 3.05) is 52.6 Å². The van der Waals surface area contributed by atoms with E-state index in [1.165, 1.54) is 10.6 Å². The molecular formula is C19H32N4O4S. The van der Waals surface area contributed by atoms with Crippen LogP contribution in [0.15, 0.2) is 0 Å². The molecule has 4 rings (SSSR count). The molecule has 0 aromatic heterocycles. The molecule has 1 N–H and O–H groups in total. The second-order valence-electron chi connectivity index (χ2n) is 9.17. The van der Waals surface area contributed by atoms with Crippen molar-refractivity contribution in [3.05, 3.63) is 0 Å². The molecule has 158 valence electrons. The topological polar surface area (TPSA) is 90.0 Å². The zero-order valence-electron chi connectivity index (χ0n) is 16.9. The van der Waals surface area contributed by atoms with Crippen LogP contribution in [0, 0.1) is 16.7 Å². The zero-order chi connectivity index (χ0) is 20.2. The van der Waals surface area contributed by atoms with Crippen LogP contribution in [0.25, 0.3) is 0 Å². The lowest BCUT2D eigenvalue weighted by atomic mass is 9.65. The average Bonchev–Trinajstić information content (AvgIpc) is 3.38. The van der Waals surface area contributed by atoms with E-state index in [-0.39, 0.29) is 23.3 Å². The molecule has 0 aromatic carbocycles. The first kappa shape index (κ1) is 19.9. The van der Waals surface area contributed by atoms with Crippen LogP contribution >= 0.6 is 0 Å². The Balaban J connectivity index is 1.62. The number of carbonyl (C=O) groups excluding carboxylic acids is 2. The van der Waals surface area contributed by atoms with Gasteiger partial charge in [-0.25, -0.2) is 17.5 Å². The maximum Gasteiger partial charge on any atom is 0.317 e. The van der Waals surface area contributed by atoms with Crippen LogP contribution in [0.5, 0.6) is 0 Å². The molecule has 2 atom stereocenters. The number of carbonyl (C=O) groups is 2. The predicted molar refractivity (Wildman–Crippen MR) is 105 cm³/mol. The molecule has 3 heterocycles. The second-order valence-corrected chi connectivity index (χ2v) is 11.2. The Morgan fingerprint density at radius 1 is 0.964 bits per heavy atom. The lowest BCUT2D eigenvalue weighted by Gasteiger charge is -2.44. The van der Waals surface area contributed by atoms with Crippen LogP contribution in [0.4, 0.5) is 4.79 Å². The monoisotopic (exact) mass is 412 g/mol. The first-order valence-electron chi connectivity index (χ1n) is 10.4. The van der Waals surface area contributed by atoms with Gasteiger partial charge in [0.25, 0.3) is 0 Å². The summed E-state index contributed by atoms with van der Waals surface area (Å²) in [4.78, 5) is 29.4. The Kier molecular flexibility index (Phi) is 4.89. The molecule has 28 heavy (non-hydrogen) atoms. The molecule has 0 unspecified atom stereocenters. The number of nitrogens with one attached hydrogen (secondary N) is 1. The Bertz CT molecular complexity index is 756. The summed E-state index contributed by atoms with van der Waals surface area (Å²) in [5, 5.41) is 2.69. The fourth-order valence-electron chi connectivity index (χ4n) is 6.27. The number of urea groups is 1. The molecule has 8 nitrogen and oxygen atoms in total. The van der Waals surface area contributed by atoms with E-state index in [0.717, 1.165) is 51.6 Å². The summed E-state index contributed by atoms with van der Waals surface area (Å²) in [5.74, 6) is 0.224. The van der Waals surface area contributed by atoms with Gasteiger partial charge in [-0.3, -0.25) is 4.79 Å². The molecule has 1 spiro atoms. The SMILES string of the molecule is CNC(=O)N1CCC2(CC1)CC[C@@]1(C(=O)N3CCCC3)CN(S(C)(=O)=O)C[C@@H]21. The normalized spacial score (nSPS) is 32.7. The van der Waals surface area contributed by atoms with Crippen molar-refractivity contribution in [3.8, 4) is 0 Å². The minimum absolute atomic E-state index is 0.0423. The summed E-state index contributed by atoms with van der Waals surface area (Å²) in [5.41, 5.74) is -0.623. The van der Waals surface area contributed by atoms with E-state index in [9.17, 15) is 18.0 Å². The van der Waals surface area contributed by atoms with Crippen molar-refractivity contribution < 1.29 is 18.0 Å². The third kappa shape index (κ3) is 3.01. The van der Waals surface area contributed by atoms with Crippen LogP contribution in [-0.4, -0.2) is 87.0 Å². The second kappa shape index (κ2) is 6.86. The smallest absolute Gasteiger partial charge is 0.317 e. The van der Waals surface area contributed by atoms with Gasteiger partial charge in [0, 0.05) is 46.3 Å². The van der Waals surface area contributed by atoms with Crippen LogP contribution < -0.4 is 5.32 Å². The van der Waals surface area contributed by atoms with Gasteiger partial charge in [-0.05, 0) is 49.9 Å². The number of rotatable bonds is 2. The summed E-state index contributed by atoms with van der Waals surface area (Å²) in [6, 6.07) is -0.0589. The van der Waals surface area contributed by atoms with Crippen LogP contribution in [0.2, 0.25) is 0 Å². The Morgan fingerprint density at radius 2 is 1.61 bits per heavy atom. The van der Waals surface area contributed by atoms with Crippen molar-refractivity contribution in [2.24, 2.45) is 16.7 Å². The summed E-state index contributed by atoms with van der Waals surface area (Å²) in [6.07, 6.45) is 6.73. The fraction of sp³-hybridized carbons (Fsp3) is 0.895. The molecular weight excluding hydrogens is 380 g/mol. The van der Waals surface area contributed by atoms with Gasteiger partial charge >= 0.3 is 6.03 Å². The standard InChI is InChI=1S/C19H32N4O4S/c1-20-17(25)22-11-7-18(8-12-22)5-6-19(16(24)21-9-3-4-10-21)14-23(13-15(18)19)28(2,26)27/h15H,3-14H2,1-2H3,(H,20,25)/t15-,19+/m0/s1. The third-order valence-electron chi connectivity index (χ3n) is 7.87. The molecule has 4 aliphatic rings. The lowest BCUT2D eigenvalue weighted by Crippen LogP contribution is -2.51. The number of fused-ring (bicyclic) bond motifs is 2. The highest BCUT2D eigenvalue weighted by molar-refractivity contribution is 7.88. The van der Waals surface area contributed by atoms with Crippen LogP contribution in [-0.2, 0) is 14.8 Å². The largest absolute Gasteiger partial charge is 0.342 e. The van der Waals surface area contributed by atoms with E-state index < -0.39 is 15.4 Å². The van der Waals surface area contributed by atoms with Crippen molar-refractivity contribution in [2.45, 2.75) is 38.5 Å². The molecule has 1 aliphatic carbocycles. The van der Waals surface area contributed by atoms with Gasteiger partial charge in [-0.2, -0.15) is 0 Å². The minimum atomic E-state index is -3.34. The summed E-state index contributed by atoms with van der Waals surface area (Å²) in [6.45, 7) is 3.70. The highest BCUT2D eigenvalue weighted by Gasteiger charge is 2.66. The number of hydrogen-bond donors (Lipinski definition) is 1. The molecule has 0 radical (unpaired) electrons. The highest BCUT2D eigenvalue weighted by atomic mass is 32.2. The molecule has 0 aromatic rings. The van der Waals surface area contributed by atoms with Gasteiger partial charge < -0.3 is 15.1 Å². The maximum absolute atomic E-state index is 13.6. The summed E-state index contributed by atoms with van der Waals surface area (Å²) in [7, 11) is -1.69. The first-order valence-corrected chi connectivity index (χ1v) is 12.3. The molecule has 3 saturated heterocycles. The number of nitrogens with zero attached hydrogens (tertiary/aromatic N) is 3. The van der Waals surface area contributed by atoms with E-state index in [1.807, 2.05) is 9.80 Å². The number of amides is 3. The molecule has 4 fully saturated rings. The minimum Gasteiger partial charge on any atom is -0.342 e. The first-order chi connectivity index (χ1) is 13.2. The van der Waals surface area contributed by atoms with E-state index in [4.69, 9.17) is 0 Å². The van der Waals surface area contributed by atoms with E-state index in [2.05, 4.69) is 5.32 Å². The number of likely N-dealkylation sites (tertiary alicyclic amines) is 2. The average molecular weight is 413 g/mol. The van der Waals surface area contributed by atoms with E-state index in [0.29, 0.717) is 26.2 Å². The Hall–Kier alpha value is -1.35. The molecule has 0 bridgehead atoms. The lowest BCUT2D eigenvalue weighted by molar-refractivity contribution is -0.142. The van der Waals surface area contributed by atoms with Gasteiger partial charge in [0.05, 0.1) is 11.7 Å². The summed E-state index contributed by atoms with van der Waals surface area (Å²) >= 11 is 0. The van der Waals surface area contributed by atoms with Gasteiger partial charge in [-0.15, -0.1) is 0 Å². The molecule has 1 saturated carbocycles. The van der Waals surface area contributed by atoms with Gasteiger partial charge in [0.1, 0.15) is 0 Å². The van der Waals surface area contributed by atoms with Gasteiger partial charge in [0.15, 0.2) is 0 Å². The Labute approximate surface area is 167 Å². The number of hydrogen-bond acceptors (Lipinski definition) is 4. The predicted octanol–water partition coefficient (Wildman–Crippen LogP) is 0.702. The maximum atomic E-state index is 13.6. The fourth-order valence-corrected chi connectivity index (χ4v) is 7.15. The van der Waals surface area contributed by atoms with Crippen molar-refractivity contribution >= 4 is 22.0 Å². The third-order valence-corrected chi connectivity index (χ3v) is 9.08. The molecule has 9 heteroatoms. The summed E-state index contributed by atoms with van der Waals surface area (Å²) < 4.78 is 26.2. The highest BCUT2D eigenvalue weighted by Crippen LogP contribution is 2.62. The number of piperidine rings is 1. The number of sulfonamides is 1. The molecule has 3 aliphatic heterocycles. The zero-order valence-corrected chi connectivity index (χ0v) is 17.8. The van der Waals surface area contributed by atoms with Crippen molar-refractivity contribution in [1.29, 1.82) is 0 Å². The van der Waals surface area contributed by atoms with Crippen LogP contribution in [0.1, 0.15) is 38.5 Å². The van der Waals surface area contributed by atoms with E-state index >= 15 is 0 Å². The van der Waals surface area contributed by atoms with E-state index in [1.54, 1.807) is 7.05 Å². The quantitative estimate of drug-likeness (QED) is 0.723.